The van der Waals surface area contributed by atoms with Crippen LogP contribution in [0.1, 0.15) is 26.0 Å². The molecule has 14 nitrogen and oxygen atoms in total. The minimum atomic E-state index is -3.85. The van der Waals surface area contributed by atoms with E-state index in [9.17, 15) is 23.3 Å². The van der Waals surface area contributed by atoms with Crippen LogP contribution in [0.5, 0.6) is 5.75 Å². The van der Waals surface area contributed by atoms with Crippen molar-refractivity contribution in [2.45, 2.75) is 37.6 Å². The van der Waals surface area contributed by atoms with Crippen molar-refractivity contribution in [2.75, 3.05) is 39.9 Å². The van der Waals surface area contributed by atoms with Gasteiger partial charge in [0.25, 0.3) is 10.6 Å². The minimum Gasteiger partial charge on any atom is -0.493 e. The van der Waals surface area contributed by atoms with Crippen LogP contribution < -0.4 is 10.3 Å². The van der Waals surface area contributed by atoms with E-state index in [0.717, 1.165) is 6.42 Å². The number of likely N-dealkylation sites (N-methyl/N-ethyl adjacent to an activating group) is 1. The molecule has 4 rings (SSSR count). The van der Waals surface area contributed by atoms with Gasteiger partial charge in [-0.05, 0) is 38.6 Å². The van der Waals surface area contributed by atoms with Crippen molar-refractivity contribution in [1.82, 2.24) is 29.0 Å². The van der Waals surface area contributed by atoms with Gasteiger partial charge in [-0.25, -0.2) is 13.4 Å². The van der Waals surface area contributed by atoms with Crippen molar-refractivity contribution in [3.63, 3.8) is 0 Å². The standard InChI is InChI=1S/C23H31N7O7S/c1-5-7-18-20-21(28(4)26-18)23(31)25-22(24-20)17-12-16(8-9-19(17)36-6-2)38(34,35)29-13-15(14-29)27(3)10-11-37-30(32)33/h8-9,12,15H,5-7,10-11,13-14H2,1-4H3,(H,24,25,31). The van der Waals surface area contributed by atoms with Crippen LogP contribution in [0.2, 0.25) is 0 Å². The third kappa shape index (κ3) is 5.35. The molecule has 2 aromatic heterocycles. The first-order chi connectivity index (χ1) is 18.1. The van der Waals surface area contributed by atoms with Gasteiger partial charge in [-0.2, -0.15) is 9.40 Å². The molecule has 0 aliphatic carbocycles. The molecule has 3 aromatic rings. The minimum absolute atomic E-state index is 0.0384. The molecule has 3 heterocycles. The highest BCUT2D eigenvalue weighted by Gasteiger charge is 2.39. The molecular formula is C23H31N7O7S. The first-order valence-electron chi connectivity index (χ1n) is 12.3. The van der Waals surface area contributed by atoms with Crippen LogP contribution in [0.3, 0.4) is 0 Å². The predicted molar refractivity (Wildman–Crippen MR) is 138 cm³/mol. The molecule has 1 aromatic carbocycles. The lowest BCUT2D eigenvalue weighted by Gasteiger charge is -2.42. The Hall–Kier alpha value is -3.56. The van der Waals surface area contributed by atoms with Gasteiger partial charge in [0.15, 0.2) is 5.52 Å². The lowest BCUT2D eigenvalue weighted by molar-refractivity contribution is -0.757. The second-order valence-corrected chi connectivity index (χ2v) is 11.0. The molecule has 0 bridgehead atoms. The number of nitrogens with one attached hydrogen (secondary N) is 1. The van der Waals surface area contributed by atoms with Crippen molar-refractivity contribution < 1.29 is 23.1 Å². The quantitative estimate of drug-likeness (QED) is 0.256. The maximum atomic E-state index is 13.4. The molecule has 0 spiro atoms. The lowest BCUT2D eigenvalue weighted by Crippen LogP contribution is -2.60. The summed E-state index contributed by atoms with van der Waals surface area (Å²) in [6.07, 6.45) is 1.46. The average molecular weight is 550 g/mol. The van der Waals surface area contributed by atoms with E-state index in [0.29, 0.717) is 47.6 Å². The van der Waals surface area contributed by atoms with Crippen molar-refractivity contribution in [3.8, 4) is 17.1 Å². The number of H-pyrrole nitrogens is 1. The van der Waals surface area contributed by atoms with Crippen molar-refractivity contribution in [2.24, 2.45) is 7.05 Å². The van der Waals surface area contributed by atoms with E-state index in [4.69, 9.17) is 4.74 Å². The summed E-state index contributed by atoms with van der Waals surface area (Å²) in [4.78, 5) is 36.9. The second-order valence-electron chi connectivity index (χ2n) is 9.04. The number of sulfonamides is 1. The third-order valence-electron chi connectivity index (χ3n) is 6.49. The summed E-state index contributed by atoms with van der Waals surface area (Å²) in [5.74, 6) is 0.585. The lowest BCUT2D eigenvalue weighted by atomic mass is 10.1. The second kappa shape index (κ2) is 11.0. The summed E-state index contributed by atoms with van der Waals surface area (Å²) >= 11 is 0. The highest BCUT2D eigenvalue weighted by atomic mass is 32.2. The van der Waals surface area contributed by atoms with Gasteiger partial charge in [-0.1, -0.05) is 13.3 Å². The van der Waals surface area contributed by atoms with Crippen LogP contribution in [-0.2, 0) is 28.3 Å². The molecule has 206 valence electrons. The number of hydrogen-bond donors (Lipinski definition) is 1. The molecule has 1 fully saturated rings. The molecule has 38 heavy (non-hydrogen) atoms. The molecule has 0 radical (unpaired) electrons. The van der Waals surface area contributed by atoms with Gasteiger partial charge in [0.1, 0.15) is 23.7 Å². The van der Waals surface area contributed by atoms with Crippen molar-refractivity contribution in [1.29, 1.82) is 0 Å². The number of rotatable bonds is 12. The number of benzene rings is 1. The van der Waals surface area contributed by atoms with Crippen LogP contribution in [0.15, 0.2) is 27.9 Å². The number of hydrogen-bond acceptors (Lipinski definition) is 10. The monoisotopic (exact) mass is 549 g/mol. The molecule has 1 N–H and O–H groups in total. The van der Waals surface area contributed by atoms with E-state index in [1.807, 2.05) is 18.7 Å². The zero-order chi connectivity index (χ0) is 27.6. The molecule has 1 aliphatic rings. The van der Waals surface area contributed by atoms with Gasteiger partial charge in [0.05, 0.1) is 22.8 Å². The molecule has 0 unspecified atom stereocenters. The predicted octanol–water partition coefficient (Wildman–Crippen LogP) is 1.19. The molecule has 1 aliphatic heterocycles. The topological polar surface area (TPSA) is 166 Å². The zero-order valence-corrected chi connectivity index (χ0v) is 22.5. The van der Waals surface area contributed by atoms with Crippen LogP contribution in [0.25, 0.3) is 22.4 Å². The maximum absolute atomic E-state index is 13.4. The van der Waals surface area contributed by atoms with Crippen molar-refractivity contribution >= 4 is 21.1 Å². The van der Waals surface area contributed by atoms with E-state index >= 15 is 0 Å². The average Bonchev–Trinajstić information content (AvgIpc) is 3.13. The highest BCUT2D eigenvalue weighted by molar-refractivity contribution is 7.89. The van der Waals surface area contributed by atoms with E-state index in [1.165, 1.54) is 21.1 Å². The van der Waals surface area contributed by atoms with E-state index in [1.54, 1.807) is 20.2 Å². The number of aryl methyl sites for hydroxylation is 2. The molecule has 0 amide bonds. The Kier molecular flexibility index (Phi) is 7.99. The van der Waals surface area contributed by atoms with E-state index in [-0.39, 0.29) is 42.0 Å². The molecular weight excluding hydrogens is 518 g/mol. The number of aromatic nitrogens is 4. The van der Waals surface area contributed by atoms with Crippen LogP contribution in [0.4, 0.5) is 0 Å². The van der Waals surface area contributed by atoms with Crippen LogP contribution in [0, 0.1) is 10.1 Å². The summed E-state index contributed by atoms with van der Waals surface area (Å²) in [6.45, 7) is 4.81. The van der Waals surface area contributed by atoms with Crippen LogP contribution in [-0.4, -0.2) is 88.4 Å². The summed E-state index contributed by atoms with van der Waals surface area (Å²) in [5, 5.41) is 13.9. The molecule has 1 saturated heterocycles. The number of ether oxygens (including phenoxy) is 1. The Bertz CT molecular complexity index is 1500. The molecule has 15 heteroatoms. The Labute approximate surface area is 219 Å². The van der Waals surface area contributed by atoms with Crippen LogP contribution >= 0.6 is 0 Å². The number of fused-ring (bicyclic) bond motifs is 1. The zero-order valence-electron chi connectivity index (χ0n) is 21.7. The normalized spacial score (nSPS) is 14.7. The van der Waals surface area contributed by atoms with E-state index < -0.39 is 15.1 Å². The molecule has 0 atom stereocenters. The summed E-state index contributed by atoms with van der Waals surface area (Å²) in [6, 6.07) is 4.40. The highest BCUT2D eigenvalue weighted by Crippen LogP contribution is 2.33. The van der Waals surface area contributed by atoms with Gasteiger partial charge in [-0.15, -0.1) is 10.1 Å². The summed E-state index contributed by atoms with van der Waals surface area (Å²) in [7, 11) is -0.410. The largest absolute Gasteiger partial charge is 0.493 e. The first-order valence-corrected chi connectivity index (χ1v) is 13.7. The Morgan fingerprint density at radius 3 is 2.68 bits per heavy atom. The third-order valence-corrected chi connectivity index (χ3v) is 8.31. The number of nitrogens with zero attached hydrogens (tertiary/aromatic N) is 6. The Morgan fingerprint density at radius 1 is 1.29 bits per heavy atom. The van der Waals surface area contributed by atoms with Gasteiger partial charge < -0.3 is 14.6 Å². The smallest absolute Gasteiger partial charge is 0.294 e. The fraction of sp³-hybridized carbons (Fsp3) is 0.522. The van der Waals surface area contributed by atoms with Gasteiger partial charge in [0, 0.05) is 32.7 Å². The Morgan fingerprint density at radius 2 is 2.03 bits per heavy atom. The molecule has 0 saturated carbocycles. The maximum Gasteiger partial charge on any atom is 0.294 e. The van der Waals surface area contributed by atoms with Crippen molar-refractivity contribution in [3.05, 3.63) is 44.4 Å². The SMILES string of the molecule is CCCc1nn(C)c2c(=O)[nH]c(-c3cc(S(=O)(=O)N4CC(N(C)CCO[N+](=O)[O-])C4)ccc3OCC)nc12. The summed E-state index contributed by atoms with van der Waals surface area (Å²) < 4.78 is 35.4. The van der Waals surface area contributed by atoms with Gasteiger partial charge >= 0.3 is 0 Å². The fourth-order valence-corrected chi connectivity index (χ4v) is 5.94. The number of aromatic amines is 1. The summed E-state index contributed by atoms with van der Waals surface area (Å²) in [5.41, 5.74) is 1.48. The van der Waals surface area contributed by atoms with Gasteiger partial charge in [-0.3, -0.25) is 14.4 Å². The van der Waals surface area contributed by atoms with Gasteiger partial charge in [0.2, 0.25) is 10.0 Å². The fourth-order valence-electron chi connectivity index (χ4n) is 4.40. The Balaban J connectivity index is 1.64. The first kappa shape index (κ1) is 27.5. The van der Waals surface area contributed by atoms with E-state index in [2.05, 4.69) is 19.9 Å².